The van der Waals surface area contributed by atoms with Crippen LogP contribution in [0.5, 0.6) is 0 Å². The Morgan fingerprint density at radius 3 is 1.84 bits per heavy atom. The Morgan fingerprint density at radius 2 is 1.31 bits per heavy atom. The van der Waals surface area contributed by atoms with Crippen molar-refractivity contribution in [2.24, 2.45) is 0 Å². The fourth-order valence-electron chi connectivity index (χ4n) is 8.46. The van der Waals surface area contributed by atoms with Gasteiger partial charge in [0.25, 0.3) is 0 Å². The third-order valence-corrected chi connectivity index (χ3v) is 13.8. The number of aliphatic hydroxyl groups excluding tert-OH is 2. The van der Waals surface area contributed by atoms with Crippen LogP contribution in [0.3, 0.4) is 0 Å². The molecular formula is C46H54N8O8S2. The highest BCUT2D eigenvalue weighted by atomic mass is 32.1. The van der Waals surface area contributed by atoms with Gasteiger partial charge in [-0.1, -0.05) is 67.0 Å². The highest BCUT2D eigenvalue weighted by Crippen LogP contribution is 2.34. The van der Waals surface area contributed by atoms with Gasteiger partial charge in [0.05, 0.1) is 56.0 Å². The van der Waals surface area contributed by atoms with Crippen LogP contribution in [0.4, 0.5) is 0 Å². The third kappa shape index (κ3) is 10.4. The molecule has 3 aromatic heterocycles. The molecule has 338 valence electrons. The Bertz CT molecular complexity index is 2470. The molecule has 2 saturated heterocycles. The number of aromatic nitrogens is 3. The molecule has 2 aromatic carbocycles. The normalized spacial score (nSPS) is 19.4. The van der Waals surface area contributed by atoms with Crippen LogP contribution in [0.2, 0.25) is 0 Å². The van der Waals surface area contributed by atoms with E-state index in [2.05, 4.69) is 31.1 Å². The average molecular weight is 911 g/mol. The highest BCUT2D eigenvalue weighted by molar-refractivity contribution is 7.13. The lowest BCUT2D eigenvalue weighted by Crippen LogP contribution is -2.53. The van der Waals surface area contributed by atoms with Crippen LogP contribution >= 0.6 is 22.7 Å². The van der Waals surface area contributed by atoms with Crippen LogP contribution in [0, 0.1) is 13.8 Å². The largest absolute Gasteiger partial charge is 0.391 e. The number of aliphatic hydroxyl groups is 2. The van der Waals surface area contributed by atoms with Crippen molar-refractivity contribution < 1.29 is 38.7 Å². The summed E-state index contributed by atoms with van der Waals surface area (Å²) in [4.78, 5) is 79.9. The van der Waals surface area contributed by atoms with Gasteiger partial charge in [0.1, 0.15) is 18.1 Å². The molecule has 64 heavy (non-hydrogen) atoms. The molecule has 7 rings (SSSR count). The monoisotopic (exact) mass is 910 g/mol. The molecule has 0 bridgehead atoms. The average Bonchev–Trinajstić information content (AvgIpc) is 4.14. The first-order valence-corrected chi connectivity index (χ1v) is 23.2. The number of carbonyl (C=O) groups excluding carboxylic acids is 5. The summed E-state index contributed by atoms with van der Waals surface area (Å²) >= 11 is 3.04. The number of carbonyl (C=O) groups is 5. The number of thiazole rings is 2. The smallest absolute Gasteiger partial charge is 0.245 e. The van der Waals surface area contributed by atoms with Gasteiger partial charge in [-0.05, 0) is 49.4 Å². The van der Waals surface area contributed by atoms with Gasteiger partial charge >= 0.3 is 0 Å². The fraction of sp³-hybridized carbons (Fsp3) is 0.435. The molecule has 5 aromatic rings. The molecule has 16 nitrogen and oxygen atoms in total. The number of aryl methyl sites for hydroxylation is 2. The lowest BCUT2D eigenvalue weighted by Gasteiger charge is -2.28. The third-order valence-electron chi connectivity index (χ3n) is 11.9. The molecule has 5 amide bonds. The highest BCUT2D eigenvalue weighted by Gasteiger charge is 2.43. The molecule has 0 saturated carbocycles. The summed E-state index contributed by atoms with van der Waals surface area (Å²) in [5.74, 6) is -2.24. The van der Waals surface area contributed by atoms with Crippen molar-refractivity contribution in [3.05, 3.63) is 99.1 Å². The first kappa shape index (κ1) is 46.2. The number of benzene rings is 2. The van der Waals surface area contributed by atoms with Crippen molar-refractivity contribution in [1.82, 2.24) is 40.9 Å². The minimum absolute atomic E-state index is 0.0156. The van der Waals surface area contributed by atoms with E-state index < -0.39 is 36.3 Å². The molecule has 2 aliphatic rings. The van der Waals surface area contributed by atoms with Crippen molar-refractivity contribution in [2.75, 3.05) is 13.1 Å². The standard InChI is InChI=1S/C46H54N8O8S2/c1-6-7-36(51-28(5)55)46(61)54-22-34(57)17-39(54)44(59)48-20-30-10-14-32(15-11-30)42-37(50-24-64-42)18-35-26(3)52-62-40(35)25(2)45(60)53-21-33(56)16-38(53)43(58)47-19-29-8-12-31(13-9-29)41-27(4)49-23-63-41/h8-15,23-25,33-34,36,38-39,56-57H,6-7,16-22H2,1-5H3,(H,47,58)(H,48,59)(H,51,55)/t25-,33+,34+,36-,38-,39-/m0/s1. The molecule has 5 N–H and O–H groups in total. The quantitative estimate of drug-likeness (QED) is 0.0935. The number of nitrogens with zero attached hydrogens (tertiary/aromatic N) is 5. The zero-order valence-electron chi connectivity index (χ0n) is 36.5. The van der Waals surface area contributed by atoms with E-state index in [1.54, 1.807) is 23.8 Å². The topological polar surface area (TPSA) is 220 Å². The van der Waals surface area contributed by atoms with Crippen LogP contribution in [0.15, 0.2) is 64.1 Å². The van der Waals surface area contributed by atoms with E-state index in [9.17, 15) is 34.2 Å². The molecule has 2 aliphatic heterocycles. The number of nitrogens with one attached hydrogen (secondary N) is 3. The summed E-state index contributed by atoms with van der Waals surface area (Å²) in [5, 5.41) is 33.8. The van der Waals surface area contributed by atoms with E-state index in [1.807, 2.05) is 74.8 Å². The van der Waals surface area contributed by atoms with Crippen LogP contribution in [0.25, 0.3) is 20.9 Å². The number of hydrogen-bond acceptors (Lipinski definition) is 13. The number of amides is 5. The van der Waals surface area contributed by atoms with Gasteiger partial charge in [0.2, 0.25) is 29.5 Å². The molecule has 0 radical (unpaired) electrons. The predicted molar refractivity (Wildman–Crippen MR) is 241 cm³/mol. The van der Waals surface area contributed by atoms with Gasteiger partial charge in [-0.15, -0.1) is 22.7 Å². The minimum atomic E-state index is -0.861. The first-order chi connectivity index (χ1) is 30.7. The van der Waals surface area contributed by atoms with Gasteiger partial charge < -0.3 is 40.5 Å². The summed E-state index contributed by atoms with van der Waals surface area (Å²) in [7, 11) is 0. The first-order valence-electron chi connectivity index (χ1n) is 21.5. The maximum atomic E-state index is 14.1. The van der Waals surface area contributed by atoms with Crippen molar-refractivity contribution in [3.8, 4) is 20.9 Å². The van der Waals surface area contributed by atoms with E-state index in [1.165, 1.54) is 28.1 Å². The Labute approximate surface area is 379 Å². The van der Waals surface area contributed by atoms with Crippen LogP contribution in [-0.4, -0.2) is 108 Å². The summed E-state index contributed by atoms with van der Waals surface area (Å²) in [6, 6.07) is 13.1. The van der Waals surface area contributed by atoms with Crippen molar-refractivity contribution in [2.45, 2.75) is 116 Å². The molecule has 2 fully saturated rings. The molecule has 5 heterocycles. The van der Waals surface area contributed by atoms with Crippen LogP contribution < -0.4 is 16.0 Å². The zero-order valence-corrected chi connectivity index (χ0v) is 38.1. The zero-order chi connectivity index (χ0) is 45.7. The van der Waals surface area contributed by atoms with E-state index in [4.69, 9.17) is 4.52 Å². The predicted octanol–water partition coefficient (Wildman–Crippen LogP) is 4.39. The summed E-state index contributed by atoms with van der Waals surface area (Å²) in [5.41, 5.74) is 10.3. The minimum Gasteiger partial charge on any atom is -0.391 e. The van der Waals surface area contributed by atoms with Crippen molar-refractivity contribution >= 4 is 52.2 Å². The summed E-state index contributed by atoms with van der Waals surface area (Å²) in [6.07, 6.45) is -0.0669. The fourth-order valence-corrected chi connectivity index (χ4v) is 10.1. The van der Waals surface area contributed by atoms with Crippen LogP contribution in [-0.2, 0) is 43.5 Å². The van der Waals surface area contributed by atoms with Gasteiger partial charge in [-0.2, -0.15) is 0 Å². The Kier molecular flexibility index (Phi) is 14.7. The van der Waals surface area contributed by atoms with E-state index in [0.717, 1.165) is 43.4 Å². The van der Waals surface area contributed by atoms with Crippen molar-refractivity contribution in [1.29, 1.82) is 0 Å². The Balaban J connectivity index is 0.967. The van der Waals surface area contributed by atoms with Gasteiger partial charge in [-0.25, -0.2) is 9.97 Å². The van der Waals surface area contributed by atoms with Gasteiger partial charge in [0, 0.05) is 57.9 Å². The van der Waals surface area contributed by atoms with E-state index in [0.29, 0.717) is 36.3 Å². The molecule has 6 atom stereocenters. The Hall–Kier alpha value is -5.82. The maximum absolute atomic E-state index is 14.1. The lowest BCUT2D eigenvalue weighted by molar-refractivity contribution is -0.141. The van der Waals surface area contributed by atoms with Crippen molar-refractivity contribution in [3.63, 3.8) is 0 Å². The number of hydrogen-bond donors (Lipinski definition) is 5. The second-order valence-electron chi connectivity index (χ2n) is 16.6. The molecule has 0 unspecified atom stereocenters. The number of β-amino-alcohol motifs (C(OH)–C–C–N with tert-alkyl or cyclic N) is 2. The SMILES string of the molecule is CCC[C@H](NC(C)=O)C(=O)N1C[C@H](O)C[C@H]1C(=O)NCc1ccc(-c2scnc2Cc2c(C)noc2[C@H](C)C(=O)N2C[C@H](O)C[C@H]2C(=O)NCc2ccc(-c3scnc3C)cc2)cc1. The molecule has 0 aliphatic carbocycles. The Morgan fingerprint density at radius 1 is 0.781 bits per heavy atom. The molecule has 18 heteroatoms. The second-order valence-corrected chi connectivity index (χ2v) is 18.3. The summed E-state index contributed by atoms with van der Waals surface area (Å²) in [6.45, 7) is 9.24. The van der Waals surface area contributed by atoms with Gasteiger partial charge in [-0.3, -0.25) is 24.0 Å². The summed E-state index contributed by atoms with van der Waals surface area (Å²) < 4.78 is 5.79. The lowest BCUT2D eigenvalue weighted by atomic mass is 9.97. The van der Waals surface area contributed by atoms with E-state index >= 15 is 0 Å². The second kappa shape index (κ2) is 20.3. The van der Waals surface area contributed by atoms with E-state index in [-0.39, 0.29) is 68.6 Å². The number of rotatable bonds is 16. The molecular weight excluding hydrogens is 857 g/mol. The van der Waals surface area contributed by atoms with Crippen LogP contribution in [0.1, 0.15) is 91.9 Å². The number of likely N-dealkylation sites (tertiary alicyclic amines) is 2. The van der Waals surface area contributed by atoms with Gasteiger partial charge in [0.15, 0.2) is 5.76 Å². The maximum Gasteiger partial charge on any atom is 0.245 e. The molecule has 0 spiro atoms.